The van der Waals surface area contributed by atoms with E-state index in [9.17, 15) is 0 Å². The highest BCUT2D eigenvalue weighted by Gasteiger charge is 2.03. The molecule has 2 aromatic heterocycles. The first-order chi connectivity index (χ1) is 5.77. The molecule has 0 radical (unpaired) electrons. The van der Waals surface area contributed by atoms with Gasteiger partial charge < -0.3 is 0 Å². The lowest BCUT2D eigenvalue weighted by atomic mass is 10.4. The minimum absolute atomic E-state index is 0.139. The highest BCUT2D eigenvalue weighted by atomic mass is 35.5. The van der Waals surface area contributed by atoms with Gasteiger partial charge in [-0.2, -0.15) is 0 Å². The van der Waals surface area contributed by atoms with Gasteiger partial charge in [0, 0.05) is 6.20 Å². The van der Waals surface area contributed by atoms with Gasteiger partial charge in [-0.05, 0) is 23.7 Å². The lowest BCUT2D eigenvalue weighted by Gasteiger charge is -1.96. The minimum atomic E-state index is 0.139. The fourth-order valence-corrected chi connectivity index (χ4v) is 1.35. The molecule has 2 rings (SSSR count). The number of halogens is 2. The van der Waals surface area contributed by atoms with E-state index in [4.69, 9.17) is 23.2 Å². The van der Waals surface area contributed by atoms with Gasteiger partial charge in [0.25, 0.3) is 0 Å². The van der Waals surface area contributed by atoms with Crippen LogP contribution in [0.4, 0.5) is 0 Å². The van der Waals surface area contributed by atoms with E-state index in [1.54, 1.807) is 18.3 Å². The van der Waals surface area contributed by atoms with Crippen molar-refractivity contribution in [3.8, 4) is 0 Å². The van der Waals surface area contributed by atoms with Crippen molar-refractivity contribution in [3.05, 3.63) is 28.8 Å². The van der Waals surface area contributed by atoms with Gasteiger partial charge in [-0.1, -0.05) is 11.6 Å². The fraction of sp³-hybridized carbons (Fsp3) is 0. The monoisotopic (exact) mass is 199 g/mol. The molecule has 0 fully saturated rings. The molecule has 2 aromatic rings. The summed E-state index contributed by atoms with van der Waals surface area (Å²) in [6.45, 7) is 0. The first-order valence-electron chi connectivity index (χ1n) is 3.21. The molecule has 60 valence electrons. The quantitative estimate of drug-likeness (QED) is 0.483. The van der Waals surface area contributed by atoms with Crippen LogP contribution in [0, 0.1) is 0 Å². The van der Waals surface area contributed by atoms with Crippen LogP contribution in [0.1, 0.15) is 0 Å². The third kappa shape index (κ3) is 1.21. The van der Waals surface area contributed by atoms with Crippen LogP contribution in [0.5, 0.6) is 0 Å². The van der Waals surface area contributed by atoms with E-state index in [1.807, 2.05) is 0 Å². The molecule has 0 atom stereocenters. The van der Waals surface area contributed by atoms with Crippen LogP contribution >= 0.6 is 23.2 Å². The van der Waals surface area contributed by atoms with Crippen molar-refractivity contribution in [1.29, 1.82) is 0 Å². The van der Waals surface area contributed by atoms with Crippen LogP contribution in [-0.4, -0.2) is 15.0 Å². The van der Waals surface area contributed by atoms with Gasteiger partial charge in [-0.25, -0.2) is 9.97 Å². The first kappa shape index (κ1) is 7.71. The number of rotatable bonds is 0. The molecular formula is C7H3Cl2N3. The number of hydrogen-bond donors (Lipinski definition) is 0. The smallest absolute Gasteiger partial charge is 0.224 e. The number of pyridine rings is 1. The molecule has 0 aliphatic carbocycles. The molecule has 0 N–H and O–H groups in total. The Morgan fingerprint density at radius 1 is 1.17 bits per heavy atom. The minimum Gasteiger partial charge on any atom is -0.251 e. The molecule has 0 spiro atoms. The van der Waals surface area contributed by atoms with Gasteiger partial charge in [0.1, 0.15) is 5.52 Å². The standard InChI is InChI=1S/C7H3Cl2N3/c8-6-5-4(2-1-3-10-5)11-7(9)12-6/h1-3H. The summed E-state index contributed by atoms with van der Waals surface area (Å²) in [4.78, 5) is 11.7. The van der Waals surface area contributed by atoms with E-state index in [0.717, 1.165) is 0 Å². The molecule has 0 aliphatic rings. The molecule has 0 saturated heterocycles. The maximum atomic E-state index is 5.76. The fourth-order valence-electron chi connectivity index (χ4n) is 0.904. The highest BCUT2D eigenvalue weighted by molar-refractivity contribution is 6.35. The maximum absolute atomic E-state index is 5.76. The number of aromatic nitrogens is 3. The summed E-state index contributed by atoms with van der Waals surface area (Å²) in [7, 11) is 0. The summed E-state index contributed by atoms with van der Waals surface area (Å²) in [6.07, 6.45) is 1.63. The Bertz CT molecular complexity index is 430. The van der Waals surface area contributed by atoms with E-state index >= 15 is 0 Å². The molecule has 0 aromatic carbocycles. The van der Waals surface area contributed by atoms with Crippen LogP contribution < -0.4 is 0 Å². The Morgan fingerprint density at radius 3 is 2.83 bits per heavy atom. The SMILES string of the molecule is Clc1nc(Cl)c2ncccc2n1. The summed E-state index contributed by atoms with van der Waals surface area (Å²) in [5.41, 5.74) is 1.23. The third-order valence-corrected chi connectivity index (χ3v) is 1.82. The van der Waals surface area contributed by atoms with Crippen molar-refractivity contribution < 1.29 is 0 Å². The van der Waals surface area contributed by atoms with Crippen molar-refractivity contribution in [2.24, 2.45) is 0 Å². The van der Waals surface area contributed by atoms with Crippen molar-refractivity contribution in [2.45, 2.75) is 0 Å². The van der Waals surface area contributed by atoms with Crippen LogP contribution in [0.3, 0.4) is 0 Å². The lowest BCUT2D eigenvalue weighted by molar-refractivity contribution is 1.20. The molecule has 0 bridgehead atoms. The maximum Gasteiger partial charge on any atom is 0.224 e. The molecule has 0 saturated carbocycles. The van der Waals surface area contributed by atoms with Gasteiger partial charge in [0.05, 0.1) is 5.52 Å². The van der Waals surface area contributed by atoms with Crippen LogP contribution in [0.25, 0.3) is 11.0 Å². The van der Waals surface area contributed by atoms with Crippen molar-refractivity contribution in [3.63, 3.8) is 0 Å². The number of nitrogens with zero attached hydrogens (tertiary/aromatic N) is 3. The highest BCUT2D eigenvalue weighted by Crippen LogP contribution is 2.18. The lowest BCUT2D eigenvalue weighted by Crippen LogP contribution is -1.88. The Kier molecular flexibility index (Phi) is 1.83. The summed E-state index contributed by atoms with van der Waals surface area (Å²) in [5, 5.41) is 0.422. The third-order valence-electron chi connectivity index (χ3n) is 1.38. The predicted octanol–water partition coefficient (Wildman–Crippen LogP) is 2.33. The van der Waals surface area contributed by atoms with E-state index in [-0.39, 0.29) is 10.4 Å². The second-order valence-electron chi connectivity index (χ2n) is 2.15. The normalized spacial score (nSPS) is 10.5. The second-order valence-corrected chi connectivity index (χ2v) is 2.85. The van der Waals surface area contributed by atoms with E-state index < -0.39 is 0 Å². The zero-order valence-electron chi connectivity index (χ0n) is 5.83. The summed E-state index contributed by atoms with van der Waals surface area (Å²) in [6, 6.07) is 3.55. The predicted molar refractivity (Wildman–Crippen MR) is 47.4 cm³/mol. The number of hydrogen-bond acceptors (Lipinski definition) is 3. The van der Waals surface area contributed by atoms with Crippen molar-refractivity contribution >= 4 is 34.2 Å². The largest absolute Gasteiger partial charge is 0.251 e. The van der Waals surface area contributed by atoms with Crippen LogP contribution in [0.15, 0.2) is 18.3 Å². The van der Waals surface area contributed by atoms with Crippen LogP contribution in [0.2, 0.25) is 10.4 Å². The molecule has 0 unspecified atom stereocenters. The van der Waals surface area contributed by atoms with Crippen molar-refractivity contribution in [2.75, 3.05) is 0 Å². The molecular weight excluding hydrogens is 197 g/mol. The van der Waals surface area contributed by atoms with Gasteiger partial charge in [-0.15, -0.1) is 0 Å². The molecule has 12 heavy (non-hydrogen) atoms. The van der Waals surface area contributed by atoms with E-state index in [1.165, 1.54) is 0 Å². The van der Waals surface area contributed by atoms with Gasteiger partial charge >= 0.3 is 0 Å². The molecule has 3 nitrogen and oxygen atoms in total. The Labute approximate surface area is 78.4 Å². The molecule has 0 amide bonds. The Balaban J connectivity index is 2.89. The van der Waals surface area contributed by atoms with Gasteiger partial charge in [-0.3, -0.25) is 4.98 Å². The zero-order chi connectivity index (χ0) is 8.55. The average molecular weight is 200 g/mol. The Morgan fingerprint density at radius 2 is 2.00 bits per heavy atom. The molecule has 2 heterocycles. The molecule has 5 heteroatoms. The summed E-state index contributed by atoms with van der Waals surface area (Å²) in [5.74, 6) is 0. The van der Waals surface area contributed by atoms with E-state index in [0.29, 0.717) is 11.0 Å². The Hall–Kier alpha value is -0.930. The average Bonchev–Trinajstić information content (AvgIpc) is 2.04. The van der Waals surface area contributed by atoms with Crippen molar-refractivity contribution in [1.82, 2.24) is 15.0 Å². The van der Waals surface area contributed by atoms with Gasteiger partial charge in [0.2, 0.25) is 5.28 Å². The zero-order valence-corrected chi connectivity index (χ0v) is 7.34. The second kappa shape index (κ2) is 2.84. The summed E-state index contributed by atoms with van der Waals surface area (Å²) >= 11 is 11.4. The van der Waals surface area contributed by atoms with E-state index in [2.05, 4.69) is 15.0 Å². The topological polar surface area (TPSA) is 38.7 Å². The first-order valence-corrected chi connectivity index (χ1v) is 3.97. The number of fused-ring (bicyclic) bond motifs is 1. The van der Waals surface area contributed by atoms with Gasteiger partial charge in [0.15, 0.2) is 5.15 Å². The molecule has 0 aliphatic heterocycles. The van der Waals surface area contributed by atoms with Crippen LogP contribution in [-0.2, 0) is 0 Å². The summed E-state index contributed by atoms with van der Waals surface area (Å²) < 4.78 is 0.